The van der Waals surface area contributed by atoms with Crippen LogP contribution in [-0.2, 0) is 29.5 Å². The van der Waals surface area contributed by atoms with E-state index in [0.717, 1.165) is 11.3 Å². The number of hydrogen-bond acceptors (Lipinski definition) is 5. The summed E-state index contributed by atoms with van der Waals surface area (Å²) in [6.07, 6.45) is 0.648. The molecule has 25 heavy (non-hydrogen) atoms. The van der Waals surface area contributed by atoms with E-state index in [1.54, 1.807) is 23.6 Å². The van der Waals surface area contributed by atoms with E-state index in [9.17, 15) is 9.59 Å². The second-order valence-electron chi connectivity index (χ2n) is 5.78. The van der Waals surface area contributed by atoms with Crippen LogP contribution in [0.4, 0.5) is 0 Å². The van der Waals surface area contributed by atoms with Crippen molar-refractivity contribution in [1.82, 2.24) is 14.7 Å². The van der Waals surface area contributed by atoms with Crippen molar-refractivity contribution in [1.29, 1.82) is 0 Å². The highest BCUT2D eigenvalue weighted by atomic mass is 16.5. The molecule has 0 fully saturated rings. The van der Waals surface area contributed by atoms with Crippen molar-refractivity contribution in [2.45, 2.75) is 19.9 Å². The molecule has 1 aromatic heterocycles. The Hall–Kier alpha value is -2.83. The number of amides is 1. The average molecular weight is 343 g/mol. The predicted octanol–water partition coefficient (Wildman–Crippen LogP) is 1.56. The summed E-state index contributed by atoms with van der Waals surface area (Å²) in [4.78, 5) is 26.2. The third-order valence-electron chi connectivity index (χ3n) is 4.17. The summed E-state index contributed by atoms with van der Waals surface area (Å²) in [7, 11) is 1.80. The lowest BCUT2D eigenvalue weighted by Gasteiger charge is -2.27. The van der Waals surface area contributed by atoms with E-state index in [2.05, 4.69) is 5.10 Å². The molecule has 1 amide bonds. The van der Waals surface area contributed by atoms with Crippen molar-refractivity contribution in [3.8, 4) is 5.75 Å². The molecule has 0 atom stereocenters. The van der Waals surface area contributed by atoms with Crippen LogP contribution in [0.5, 0.6) is 5.75 Å². The third-order valence-corrected chi connectivity index (χ3v) is 4.17. The number of nitrogens with zero attached hydrogens (tertiary/aromatic N) is 3. The van der Waals surface area contributed by atoms with Crippen molar-refractivity contribution in [2.75, 3.05) is 19.8 Å². The zero-order valence-electron chi connectivity index (χ0n) is 14.4. The largest absolute Gasteiger partial charge is 0.484 e. The zero-order valence-corrected chi connectivity index (χ0v) is 14.4. The maximum atomic E-state index is 12.5. The monoisotopic (exact) mass is 343 g/mol. The number of aromatic nitrogens is 2. The highest BCUT2D eigenvalue weighted by Crippen LogP contribution is 2.23. The molecule has 1 aromatic carbocycles. The molecule has 0 N–H and O–H groups in total. The molecule has 0 spiro atoms. The Morgan fingerprint density at radius 3 is 2.72 bits per heavy atom. The zero-order chi connectivity index (χ0) is 17.8. The number of carbonyl (C=O) groups excluding carboxylic acids is 2. The van der Waals surface area contributed by atoms with Gasteiger partial charge in [-0.15, -0.1) is 0 Å². The summed E-state index contributed by atoms with van der Waals surface area (Å²) in [6, 6.07) is 9.21. The molecular weight excluding hydrogens is 322 g/mol. The van der Waals surface area contributed by atoms with E-state index in [0.29, 0.717) is 31.0 Å². The Morgan fingerprint density at radius 2 is 2.00 bits per heavy atom. The Labute approximate surface area is 146 Å². The Morgan fingerprint density at radius 1 is 1.24 bits per heavy atom. The van der Waals surface area contributed by atoms with Gasteiger partial charge < -0.3 is 14.4 Å². The van der Waals surface area contributed by atoms with E-state index < -0.39 is 5.97 Å². The number of rotatable bonds is 5. The van der Waals surface area contributed by atoms with E-state index in [1.165, 1.54) is 0 Å². The van der Waals surface area contributed by atoms with Gasteiger partial charge in [-0.3, -0.25) is 9.48 Å². The molecule has 7 nitrogen and oxygen atoms in total. The van der Waals surface area contributed by atoms with Gasteiger partial charge in [-0.25, -0.2) is 4.79 Å². The fourth-order valence-electron chi connectivity index (χ4n) is 2.92. The molecular formula is C18H21N3O4. The molecule has 3 rings (SSSR count). The van der Waals surface area contributed by atoms with Gasteiger partial charge >= 0.3 is 5.97 Å². The number of hydrogen-bond donors (Lipinski definition) is 0. The Kier molecular flexibility index (Phi) is 5.02. The molecule has 0 aliphatic carbocycles. The lowest BCUT2D eigenvalue weighted by Crippen LogP contribution is -2.39. The quantitative estimate of drug-likeness (QED) is 0.770. The van der Waals surface area contributed by atoms with Crippen LogP contribution >= 0.6 is 0 Å². The minimum atomic E-state index is -0.450. The van der Waals surface area contributed by atoms with Gasteiger partial charge in [-0.2, -0.15) is 5.10 Å². The van der Waals surface area contributed by atoms with Gasteiger partial charge in [0.2, 0.25) is 0 Å². The molecule has 0 saturated heterocycles. The van der Waals surface area contributed by atoms with Crippen LogP contribution in [0.15, 0.2) is 30.3 Å². The van der Waals surface area contributed by atoms with E-state index >= 15 is 0 Å². The summed E-state index contributed by atoms with van der Waals surface area (Å²) >= 11 is 0. The molecule has 7 heteroatoms. The van der Waals surface area contributed by atoms with Gasteiger partial charge in [0.25, 0.3) is 5.91 Å². The molecule has 0 bridgehead atoms. The summed E-state index contributed by atoms with van der Waals surface area (Å²) < 4.78 is 12.3. The standard InChI is InChI=1S/C18H21N3O4/c1-3-24-18(23)17-14-11-21(10-9-15(14)20(2)19-17)16(22)12-25-13-7-5-4-6-8-13/h4-8H,3,9-12H2,1-2H3. The Bertz CT molecular complexity index is 770. The number of benzene rings is 1. The molecule has 2 heterocycles. The van der Waals surface area contributed by atoms with Crippen LogP contribution < -0.4 is 4.74 Å². The van der Waals surface area contributed by atoms with Gasteiger partial charge in [-0.1, -0.05) is 18.2 Å². The van der Waals surface area contributed by atoms with Gasteiger partial charge in [-0.05, 0) is 19.1 Å². The highest BCUT2D eigenvalue weighted by molar-refractivity contribution is 5.89. The first-order valence-corrected chi connectivity index (χ1v) is 8.27. The highest BCUT2D eigenvalue weighted by Gasteiger charge is 2.29. The summed E-state index contributed by atoms with van der Waals surface area (Å²) in [6.45, 7) is 2.93. The molecule has 132 valence electrons. The molecule has 0 saturated carbocycles. The van der Waals surface area contributed by atoms with E-state index in [1.807, 2.05) is 30.3 Å². The fraction of sp³-hybridized carbons (Fsp3) is 0.389. The van der Waals surface area contributed by atoms with E-state index in [-0.39, 0.29) is 19.1 Å². The van der Waals surface area contributed by atoms with Gasteiger partial charge in [0, 0.05) is 31.3 Å². The van der Waals surface area contributed by atoms with Crippen molar-refractivity contribution in [3.05, 3.63) is 47.3 Å². The smallest absolute Gasteiger partial charge is 0.359 e. The second-order valence-corrected chi connectivity index (χ2v) is 5.78. The average Bonchev–Trinajstić information content (AvgIpc) is 2.97. The fourth-order valence-corrected chi connectivity index (χ4v) is 2.92. The minimum Gasteiger partial charge on any atom is -0.484 e. The molecule has 1 aliphatic heterocycles. The topological polar surface area (TPSA) is 73.7 Å². The number of para-hydroxylation sites is 1. The van der Waals surface area contributed by atoms with Crippen LogP contribution in [0.25, 0.3) is 0 Å². The normalized spacial score (nSPS) is 13.3. The second kappa shape index (κ2) is 7.38. The summed E-state index contributed by atoms with van der Waals surface area (Å²) in [5.41, 5.74) is 2.03. The number of aryl methyl sites for hydroxylation is 1. The van der Waals surface area contributed by atoms with Crippen molar-refractivity contribution in [3.63, 3.8) is 0 Å². The Balaban J connectivity index is 1.69. The van der Waals surface area contributed by atoms with Gasteiger partial charge in [0.1, 0.15) is 5.75 Å². The van der Waals surface area contributed by atoms with Crippen molar-refractivity contribution in [2.24, 2.45) is 7.05 Å². The number of fused-ring (bicyclic) bond motifs is 1. The minimum absolute atomic E-state index is 0.0334. The number of esters is 1. The summed E-state index contributed by atoms with van der Waals surface area (Å²) in [5, 5.41) is 4.27. The number of ether oxygens (including phenoxy) is 2. The van der Waals surface area contributed by atoms with E-state index in [4.69, 9.17) is 9.47 Å². The van der Waals surface area contributed by atoms with Crippen LogP contribution in [-0.4, -0.2) is 46.3 Å². The number of carbonyl (C=O) groups is 2. The van der Waals surface area contributed by atoms with Crippen molar-refractivity contribution < 1.29 is 19.1 Å². The third kappa shape index (κ3) is 3.65. The first-order valence-electron chi connectivity index (χ1n) is 8.27. The maximum absolute atomic E-state index is 12.5. The predicted molar refractivity (Wildman–Crippen MR) is 90.2 cm³/mol. The summed E-state index contributed by atoms with van der Waals surface area (Å²) in [5.74, 6) is 0.0875. The van der Waals surface area contributed by atoms with Crippen LogP contribution in [0, 0.1) is 0 Å². The first-order chi connectivity index (χ1) is 12.1. The van der Waals surface area contributed by atoms with Crippen LogP contribution in [0.2, 0.25) is 0 Å². The first kappa shape index (κ1) is 17.0. The molecule has 2 aromatic rings. The molecule has 0 unspecified atom stereocenters. The molecule has 0 radical (unpaired) electrons. The van der Waals surface area contributed by atoms with Crippen LogP contribution in [0.3, 0.4) is 0 Å². The lowest BCUT2D eigenvalue weighted by atomic mass is 10.0. The molecule has 1 aliphatic rings. The lowest BCUT2D eigenvalue weighted by molar-refractivity contribution is -0.134. The SMILES string of the molecule is CCOC(=O)c1nn(C)c2c1CN(C(=O)COc1ccccc1)CC2. The van der Waals surface area contributed by atoms with Gasteiger partial charge in [0.15, 0.2) is 12.3 Å². The maximum Gasteiger partial charge on any atom is 0.359 e. The van der Waals surface area contributed by atoms with Crippen LogP contribution in [0.1, 0.15) is 28.7 Å². The van der Waals surface area contributed by atoms with Gasteiger partial charge in [0.05, 0.1) is 13.2 Å². The van der Waals surface area contributed by atoms with Crippen molar-refractivity contribution >= 4 is 11.9 Å².